The van der Waals surface area contributed by atoms with E-state index in [1.54, 1.807) is 24.5 Å². The fourth-order valence-corrected chi connectivity index (χ4v) is 2.78. The number of H-pyrrole nitrogens is 1. The molecule has 0 saturated carbocycles. The zero-order valence-electron chi connectivity index (χ0n) is 13.4. The van der Waals surface area contributed by atoms with Crippen molar-refractivity contribution in [3.8, 4) is 0 Å². The van der Waals surface area contributed by atoms with E-state index in [2.05, 4.69) is 20.3 Å². The summed E-state index contributed by atoms with van der Waals surface area (Å²) in [5.74, 6) is 0.534. The molecule has 2 heterocycles. The third kappa shape index (κ3) is 3.12. The van der Waals surface area contributed by atoms with E-state index in [0.717, 1.165) is 16.6 Å². The Morgan fingerprint density at radius 1 is 0.920 bits per heavy atom. The summed E-state index contributed by atoms with van der Waals surface area (Å²) in [5.41, 5.74) is 3.34. The standard InChI is InChI=1S/C20H16N4O/c25-20(15-10-12-21-13-11-15)24-18(14-6-2-1-3-7-14)19-22-16-8-4-5-9-17(16)23-19/h1-13,18H,(H,22,23)(H,24,25)/t18-/m0/s1. The molecule has 0 saturated heterocycles. The monoisotopic (exact) mass is 328 g/mol. The van der Waals surface area contributed by atoms with Crippen LogP contribution in [0.3, 0.4) is 0 Å². The first kappa shape index (κ1) is 15.1. The Bertz CT molecular complexity index is 963. The normalized spacial score (nSPS) is 12.0. The predicted molar refractivity (Wildman–Crippen MR) is 96.1 cm³/mol. The first-order chi connectivity index (χ1) is 12.3. The maximum atomic E-state index is 12.6. The SMILES string of the molecule is O=C(N[C@@H](c1ccccc1)c1nc2ccccc2[nH]1)c1ccncc1. The molecule has 122 valence electrons. The van der Waals surface area contributed by atoms with Gasteiger partial charge in [0.2, 0.25) is 0 Å². The second-order valence-corrected chi connectivity index (χ2v) is 5.69. The van der Waals surface area contributed by atoms with Crippen LogP contribution in [0, 0.1) is 0 Å². The van der Waals surface area contributed by atoms with E-state index < -0.39 is 0 Å². The average molecular weight is 328 g/mol. The van der Waals surface area contributed by atoms with Gasteiger partial charge in [0.25, 0.3) is 5.91 Å². The summed E-state index contributed by atoms with van der Waals surface area (Å²) in [6.07, 6.45) is 3.21. The lowest BCUT2D eigenvalue weighted by Crippen LogP contribution is -2.30. The molecule has 5 heteroatoms. The van der Waals surface area contributed by atoms with Crippen molar-refractivity contribution in [3.05, 3.63) is 96.1 Å². The minimum absolute atomic E-state index is 0.170. The fourth-order valence-electron chi connectivity index (χ4n) is 2.78. The van der Waals surface area contributed by atoms with Crippen LogP contribution < -0.4 is 5.32 Å². The molecule has 0 unspecified atom stereocenters. The molecule has 5 nitrogen and oxygen atoms in total. The Morgan fingerprint density at radius 2 is 1.64 bits per heavy atom. The maximum Gasteiger partial charge on any atom is 0.252 e. The van der Waals surface area contributed by atoms with E-state index in [9.17, 15) is 4.79 Å². The number of carbonyl (C=O) groups excluding carboxylic acids is 1. The van der Waals surface area contributed by atoms with Gasteiger partial charge in [0.05, 0.1) is 11.0 Å². The number of benzene rings is 2. The molecule has 4 rings (SSSR count). The number of nitrogens with zero attached hydrogens (tertiary/aromatic N) is 2. The van der Waals surface area contributed by atoms with E-state index in [1.165, 1.54) is 0 Å². The number of hydrogen-bond acceptors (Lipinski definition) is 3. The van der Waals surface area contributed by atoms with E-state index in [-0.39, 0.29) is 11.9 Å². The number of carbonyl (C=O) groups is 1. The number of rotatable bonds is 4. The lowest BCUT2D eigenvalue weighted by Gasteiger charge is -2.17. The summed E-state index contributed by atoms with van der Waals surface area (Å²) >= 11 is 0. The molecule has 0 bridgehead atoms. The number of pyridine rings is 1. The van der Waals surface area contributed by atoms with Crippen molar-refractivity contribution in [1.29, 1.82) is 0 Å². The summed E-state index contributed by atoms with van der Waals surface area (Å²) in [6.45, 7) is 0. The van der Waals surface area contributed by atoms with Crippen LogP contribution in [0.4, 0.5) is 0 Å². The molecule has 0 radical (unpaired) electrons. The van der Waals surface area contributed by atoms with Crippen LogP contribution in [-0.2, 0) is 0 Å². The highest BCUT2D eigenvalue weighted by Crippen LogP contribution is 2.23. The van der Waals surface area contributed by atoms with E-state index in [1.807, 2.05) is 54.6 Å². The smallest absolute Gasteiger partial charge is 0.252 e. The Labute approximate surface area is 144 Å². The van der Waals surface area contributed by atoms with Gasteiger partial charge in [-0.2, -0.15) is 0 Å². The molecule has 4 aromatic rings. The van der Waals surface area contributed by atoms with Crippen molar-refractivity contribution < 1.29 is 4.79 Å². The van der Waals surface area contributed by atoms with Crippen LogP contribution in [0.25, 0.3) is 11.0 Å². The van der Waals surface area contributed by atoms with Gasteiger partial charge in [0.1, 0.15) is 11.9 Å². The van der Waals surface area contributed by atoms with Crippen LogP contribution in [0.2, 0.25) is 0 Å². The van der Waals surface area contributed by atoms with Crippen molar-refractivity contribution >= 4 is 16.9 Å². The molecule has 0 spiro atoms. The lowest BCUT2D eigenvalue weighted by molar-refractivity contribution is 0.0941. The van der Waals surface area contributed by atoms with Gasteiger partial charge in [-0.3, -0.25) is 9.78 Å². The second kappa shape index (κ2) is 6.57. The van der Waals surface area contributed by atoms with Crippen molar-refractivity contribution in [1.82, 2.24) is 20.3 Å². The Kier molecular flexibility index (Phi) is 3.96. The van der Waals surface area contributed by atoms with Crippen LogP contribution in [-0.4, -0.2) is 20.9 Å². The summed E-state index contributed by atoms with van der Waals surface area (Å²) in [4.78, 5) is 24.6. The second-order valence-electron chi connectivity index (χ2n) is 5.69. The van der Waals surface area contributed by atoms with Gasteiger partial charge in [-0.05, 0) is 29.8 Å². The molecule has 2 aromatic heterocycles. The summed E-state index contributed by atoms with van der Waals surface area (Å²) in [6, 6.07) is 20.6. The van der Waals surface area contributed by atoms with Crippen LogP contribution in [0.15, 0.2) is 79.1 Å². The van der Waals surface area contributed by atoms with Gasteiger partial charge in [0.15, 0.2) is 0 Å². The minimum atomic E-state index is -0.366. The fraction of sp³-hybridized carbons (Fsp3) is 0.0500. The van der Waals surface area contributed by atoms with E-state index in [0.29, 0.717) is 11.4 Å². The van der Waals surface area contributed by atoms with Gasteiger partial charge in [0, 0.05) is 18.0 Å². The number of fused-ring (bicyclic) bond motifs is 1. The number of imidazole rings is 1. The first-order valence-corrected chi connectivity index (χ1v) is 8.02. The highest BCUT2D eigenvalue weighted by atomic mass is 16.1. The van der Waals surface area contributed by atoms with E-state index >= 15 is 0 Å². The van der Waals surface area contributed by atoms with Gasteiger partial charge in [-0.1, -0.05) is 42.5 Å². The molecule has 2 aromatic carbocycles. The third-order valence-electron chi connectivity index (χ3n) is 4.03. The van der Waals surface area contributed by atoms with Crippen LogP contribution >= 0.6 is 0 Å². The molecule has 0 aliphatic heterocycles. The highest BCUT2D eigenvalue weighted by Gasteiger charge is 2.21. The lowest BCUT2D eigenvalue weighted by atomic mass is 10.1. The third-order valence-corrected chi connectivity index (χ3v) is 4.03. The van der Waals surface area contributed by atoms with Gasteiger partial charge >= 0.3 is 0 Å². The van der Waals surface area contributed by atoms with Gasteiger partial charge in [-0.15, -0.1) is 0 Å². The van der Waals surface area contributed by atoms with Crippen molar-refractivity contribution in [2.45, 2.75) is 6.04 Å². The molecular formula is C20H16N4O. The first-order valence-electron chi connectivity index (χ1n) is 8.02. The van der Waals surface area contributed by atoms with Crippen LogP contribution in [0.5, 0.6) is 0 Å². The minimum Gasteiger partial charge on any atom is -0.340 e. The Balaban J connectivity index is 1.73. The molecule has 0 fully saturated rings. The summed E-state index contributed by atoms with van der Waals surface area (Å²) in [5, 5.41) is 3.07. The molecule has 1 atom stereocenters. The number of nitrogens with one attached hydrogen (secondary N) is 2. The van der Waals surface area contributed by atoms with Crippen molar-refractivity contribution in [3.63, 3.8) is 0 Å². The van der Waals surface area contributed by atoms with Gasteiger partial charge in [-0.25, -0.2) is 4.98 Å². The highest BCUT2D eigenvalue weighted by molar-refractivity contribution is 5.94. The number of hydrogen-bond donors (Lipinski definition) is 2. The number of amides is 1. The number of aromatic nitrogens is 3. The zero-order chi connectivity index (χ0) is 17.1. The topological polar surface area (TPSA) is 70.7 Å². The average Bonchev–Trinajstić information content (AvgIpc) is 3.11. The largest absolute Gasteiger partial charge is 0.340 e. The summed E-state index contributed by atoms with van der Waals surface area (Å²) < 4.78 is 0. The zero-order valence-corrected chi connectivity index (χ0v) is 13.4. The maximum absolute atomic E-state index is 12.6. The Hall–Kier alpha value is -3.47. The summed E-state index contributed by atoms with van der Waals surface area (Å²) in [7, 11) is 0. The van der Waals surface area contributed by atoms with E-state index in [4.69, 9.17) is 0 Å². The molecule has 0 aliphatic carbocycles. The van der Waals surface area contributed by atoms with Crippen molar-refractivity contribution in [2.24, 2.45) is 0 Å². The van der Waals surface area contributed by atoms with Crippen molar-refractivity contribution in [2.75, 3.05) is 0 Å². The number of aromatic amines is 1. The molecular weight excluding hydrogens is 312 g/mol. The predicted octanol–water partition coefficient (Wildman–Crippen LogP) is 3.48. The molecule has 2 N–H and O–H groups in total. The quantitative estimate of drug-likeness (QED) is 0.602. The van der Waals surface area contributed by atoms with Crippen LogP contribution in [0.1, 0.15) is 27.8 Å². The molecule has 1 amide bonds. The number of para-hydroxylation sites is 2. The van der Waals surface area contributed by atoms with Gasteiger partial charge < -0.3 is 10.3 Å². The Morgan fingerprint density at radius 3 is 2.40 bits per heavy atom. The molecule has 25 heavy (non-hydrogen) atoms. The molecule has 0 aliphatic rings.